The molecule has 1 aromatic rings. The molecule has 2 N–H and O–H groups in total. The fourth-order valence-corrected chi connectivity index (χ4v) is 4.48. The van der Waals surface area contributed by atoms with Gasteiger partial charge in [-0.05, 0) is 96.4 Å². The average molecular weight is 536 g/mol. The van der Waals surface area contributed by atoms with Gasteiger partial charge in [-0.3, -0.25) is 9.59 Å². The molecular weight excluding hydrogens is 486 g/mol. The predicted molar refractivity (Wildman–Crippen MR) is 154 cm³/mol. The van der Waals surface area contributed by atoms with E-state index in [0.717, 1.165) is 29.5 Å². The number of nitrogens with one attached hydrogen (secondary N) is 2. The Balaban J connectivity index is 3.65. The Morgan fingerprint density at radius 2 is 1.73 bits per heavy atom. The monoisotopic (exact) mass is 535 g/mol. The molecule has 0 saturated heterocycles. The second kappa shape index (κ2) is 14.6. The standard InChI is InChI=1S/C29H49N3O4S/c1-11-13-18-30-25(33)24(22-16-14-15-20(3)21(22)4)32(29(8,9)12-2)26(34)23(17-19-37-10)31-27(35)36-28(5,6)7/h14-16,23-24H,11-13,17-19H2,1-10H3,(H,30,33)(H,31,35). The van der Waals surface area contributed by atoms with E-state index < -0.39 is 29.3 Å². The third kappa shape index (κ3) is 9.87. The summed E-state index contributed by atoms with van der Waals surface area (Å²) in [5, 5.41) is 5.88. The number of hydrogen-bond acceptors (Lipinski definition) is 5. The lowest BCUT2D eigenvalue weighted by molar-refractivity contribution is -0.149. The van der Waals surface area contributed by atoms with Crippen LogP contribution in [0.25, 0.3) is 0 Å². The van der Waals surface area contributed by atoms with Crippen LogP contribution in [0.3, 0.4) is 0 Å². The molecule has 8 heteroatoms. The van der Waals surface area contributed by atoms with Crippen LogP contribution in [-0.4, -0.2) is 58.5 Å². The van der Waals surface area contributed by atoms with Crippen LogP contribution in [0.4, 0.5) is 4.79 Å². The summed E-state index contributed by atoms with van der Waals surface area (Å²) in [6, 6.07) is 4.19. The van der Waals surface area contributed by atoms with Crippen molar-refractivity contribution in [1.29, 1.82) is 0 Å². The molecule has 7 nitrogen and oxygen atoms in total. The smallest absolute Gasteiger partial charge is 0.408 e. The fourth-order valence-electron chi connectivity index (χ4n) is 4.01. The van der Waals surface area contributed by atoms with Crippen molar-refractivity contribution in [1.82, 2.24) is 15.5 Å². The van der Waals surface area contributed by atoms with E-state index in [1.54, 1.807) is 37.4 Å². The Kier molecular flexibility index (Phi) is 13.0. The number of amides is 3. The summed E-state index contributed by atoms with van der Waals surface area (Å²) in [7, 11) is 0. The first-order chi connectivity index (χ1) is 17.2. The van der Waals surface area contributed by atoms with Gasteiger partial charge < -0.3 is 20.3 Å². The number of ether oxygens (including phenoxy) is 1. The van der Waals surface area contributed by atoms with Crippen molar-refractivity contribution in [2.45, 2.75) is 111 Å². The summed E-state index contributed by atoms with van der Waals surface area (Å²) in [5.41, 5.74) is 1.47. The van der Waals surface area contributed by atoms with Crippen LogP contribution in [0.5, 0.6) is 0 Å². The van der Waals surface area contributed by atoms with Crippen molar-refractivity contribution in [3.8, 4) is 0 Å². The van der Waals surface area contributed by atoms with Gasteiger partial charge in [0.15, 0.2) is 0 Å². The van der Waals surface area contributed by atoms with Gasteiger partial charge in [-0.25, -0.2) is 4.79 Å². The van der Waals surface area contributed by atoms with E-state index in [2.05, 4.69) is 17.6 Å². The van der Waals surface area contributed by atoms with Crippen LogP contribution in [0.1, 0.15) is 96.9 Å². The number of thioether (sulfide) groups is 1. The minimum absolute atomic E-state index is 0.210. The molecule has 0 bridgehead atoms. The summed E-state index contributed by atoms with van der Waals surface area (Å²) in [4.78, 5) is 42.6. The number of carbonyl (C=O) groups excluding carboxylic acids is 3. The van der Waals surface area contributed by atoms with Crippen molar-refractivity contribution in [2.75, 3.05) is 18.6 Å². The van der Waals surface area contributed by atoms with Crippen LogP contribution in [0, 0.1) is 13.8 Å². The maximum absolute atomic E-state index is 14.4. The van der Waals surface area contributed by atoms with Gasteiger partial charge in [0, 0.05) is 12.1 Å². The number of nitrogens with zero attached hydrogens (tertiary/aromatic N) is 1. The zero-order valence-corrected chi connectivity index (χ0v) is 25.4. The maximum atomic E-state index is 14.4. The molecule has 2 atom stereocenters. The Bertz CT molecular complexity index is 911. The van der Waals surface area contributed by atoms with Crippen LogP contribution in [0.15, 0.2) is 18.2 Å². The molecule has 0 aliphatic carbocycles. The number of alkyl carbamates (subject to hydrolysis) is 1. The highest BCUT2D eigenvalue weighted by atomic mass is 32.2. The van der Waals surface area contributed by atoms with E-state index >= 15 is 0 Å². The minimum Gasteiger partial charge on any atom is -0.444 e. The molecule has 0 aromatic heterocycles. The molecule has 1 rings (SSSR count). The summed E-state index contributed by atoms with van der Waals surface area (Å²) >= 11 is 1.60. The van der Waals surface area contributed by atoms with E-state index in [-0.39, 0.29) is 11.8 Å². The van der Waals surface area contributed by atoms with E-state index in [4.69, 9.17) is 4.74 Å². The molecule has 0 fully saturated rings. The van der Waals surface area contributed by atoms with Crippen LogP contribution in [-0.2, 0) is 14.3 Å². The Hall–Kier alpha value is -2.22. The highest BCUT2D eigenvalue weighted by Gasteiger charge is 2.43. The molecule has 0 aliphatic heterocycles. The lowest BCUT2D eigenvalue weighted by Crippen LogP contribution is -2.59. The van der Waals surface area contributed by atoms with Crippen LogP contribution >= 0.6 is 11.8 Å². The average Bonchev–Trinajstić information content (AvgIpc) is 2.80. The van der Waals surface area contributed by atoms with Crippen molar-refractivity contribution in [3.05, 3.63) is 34.9 Å². The fraction of sp³-hybridized carbons (Fsp3) is 0.690. The van der Waals surface area contributed by atoms with E-state index in [1.165, 1.54) is 0 Å². The number of carbonyl (C=O) groups is 3. The van der Waals surface area contributed by atoms with Gasteiger partial charge in [0.1, 0.15) is 17.7 Å². The molecule has 0 radical (unpaired) electrons. The number of unbranched alkanes of at least 4 members (excludes halogenated alkanes) is 1. The van der Waals surface area contributed by atoms with Gasteiger partial charge in [0.25, 0.3) is 0 Å². The highest BCUT2D eigenvalue weighted by molar-refractivity contribution is 7.98. The Morgan fingerprint density at radius 3 is 2.27 bits per heavy atom. The van der Waals surface area contributed by atoms with Crippen molar-refractivity contribution in [3.63, 3.8) is 0 Å². The Labute approximate surface area is 228 Å². The van der Waals surface area contributed by atoms with Gasteiger partial charge in [-0.1, -0.05) is 38.5 Å². The molecule has 210 valence electrons. The second-order valence-corrected chi connectivity index (χ2v) is 12.2. The van der Waals surface area contributed by atoms with Gasteiger partial charge in [0.2, 0.25) is 11.8 Å². The third-order valence-corrected chi connectivity index (χ3v) is 7.28. The summed E-state index contributed by atoms with van der Waals surface area (Å²) in [6.45, 7) is 17.9. The van der Waals surface area contributed by atoms with E-state index in [9.17, 15) is 14.4 Å². The molecule has 3 amide bonds. The normalized spacial score (nSPS) is 13.5. The molecule has 2 unspecified atom stereocenters. The first-order valence-corrected chi connectivity index (χ1v) is 14.7. The lowest BCUT2D eigenvalue weighted by Gasteiger charge is -2.45. The van der Waals surface area contributed by atoms with Crippen LogP contribution < -0.4 is 10.6 Å². The van der Waals surface area contributed by atoms with E-state index in [0.29, 0.717) is 25.1 Å². The molecular formula is C29H49N3O4S. The number of rotatable bonds is 13. The van der Waals surface area contributed by atoms with Gasteiger partial charge in [-0.2, -0.15) is 11.8 Å². The predicted octanol–water partition coefficient (Wildman–Crippen LogP) is 5.92. The number of aryl methyl sites for hydroxylation is 1. The minimum atomic E-state index is -0.837. The first-order valence-electron chi connectivity index (χ1n) is 13.4. The molecule has 0 heterocycles. The van der Waals surface area contributed by atoms with Crippen molar-refractivity contribution in [2.24, 2.45) is 0 Å². The first kappa shape index (κ1) is 32.8. The number of benzene rings is 1. The zero-order valence-electron chi connectivity index (χ0n) is 24.6. The molecule has 0 aliphatic rings. The zero-order chi connectivity index (χ0) is 28.4. The summed E-state index contributed by atoms with van der Waals surface area (Å²) in [6.07, 6.45) is 4.18. The quantitative estimate of drug-likeness (QED) is 0.306. The molecule has 0 spiro atoms. The molecule has 0 saturated carbocycles. The molecule has 1 aromatic carbocycles. The third-order valence-electron chi connectivity index (χ3n) is 6.63. The van der Waals surface area contributed by atoms with Gasteiger partial charge >= 0.3 is 6.09 Å². The summed E-state index contributed by atoms with van der Waals surface area (Å²) < 4.78 is 5.48. The maximum Gasteiger partial charge on any atom is 0.408 e. The SMILES string of the molecule is CCCCNC(=O)C(c1cccc(C)c1C)N(C(=O)C(CCSC)NC(=O)OC(C)(C)C)C(C)(C)CC. The second-order valence-electron chi connectivity index (χ2n) is 11.2. The highest BCUT2D eigenvalue weighted by Crippen LogP contribution is 2.34. The van der Waals surface area contributed by atoms with E-state index in [1.807, 2.05) is 59.1 Å². The summed E-state index contributed by atoms with van der Waals surface area (Å²) in [5.74, 6) is 0.171. The number of hydrogen-bond donors (Lipinski definition) is 2. The van der Waals surface area contributed by atoms with Crippen molar-refractivity contribution >= 4 is 29.7 Å². The Morgan fingerprint density at radius 1 is 1.08 bits per heavy atom. The topological polar surface area (TPSA) is 87.7 Å². The molecule has 37 heavy (non-hydrogen) atoms. The van der Waals surface area contributed by atoms with Crippen molar-refractivity contribution < 1.29 is 19.1 Å². The largest absolute Gasteiger partial charge is 0.444 e. The van der Waals surface area contributed by atoms with Crippen LogP contribution in [0.2, 0.25) is 0 Å². The van der Waals surface area contributed by atoms with Gasteiger partial charge in [0.05, 0.1) is 0 Å². The van der Waals surface area contributed by atoms with Gasteiger partial charge in [-0.15, -0.1) is 0 Å². The lowest BCUT2D eigenvalue weighted by atomic mass is 9.89.